The van der Waals surface area contributed by atoms with Gasteiger partial charge in [-0.25, -0.2) is 0 Å². The van der Waals surface area contributed by atoms with Crippen LogP contribution >= 0.6 is 15.9 Å². The first kappa shape index (κ1) is 15.6. The molecule has 1 rings (SSSR count). The standard InChI is InChI=1S/C10H4BrF6NO/c11-6-3-5(4-18)1-2-7(6)19-8(9(12,13)14)10(15,16)17/h1-3,8H. The molecule has 0 saturated heterocycles. The second kappa shape index (κ2) is 5.28. The number of rotatable bonds is 2. The van der Waals surface area contributed by atoms with E-state index >= 15 is 0 Å². The number of hydrogen-bond donors (Lipinski definition) is 0. The molecule has 0 aromatic heterocycles. The first-order valence-electron chi connectivity index (χ1n) is 4.55. The van der Waals surface area contributed by atoms with Crippen molar-refractivity contribution >= 4 is 15.9 Å². The lowest BCUT2D eigenvalue weighted by atomic mass is 10.2. The lowest BCUT2D eigenvalue weighted by Gasteiger charge is -2.24. The zero-order chi connectivity index (χ0) is 14.8. The van der Waals surface area contributed by atoms with Gasteiger partial charge in [-0.05, 0) is 34.1 Å². The van der Waals surface area contributed by atoms with Crippen LogP contribution in [0.25, 0.3) is 0 Å². The van der Waals surface area contributed by atoms with Crippen LogP contribution in [0.3, 0.4) is 0 Å². The van der Waals surface area contributed by atoms with Gasteiger partial charge in [0.15, 0.2) is 0 Å². The third-order valence-corrected chi connectivity index (χ3v) is 2.52. The molecule has 0 aliphatic rings. The van der Waals surface area contributed by atoms with Crippen molar-refractivity contribution in [1.82, 2.24) is 0 Å². The van der Waals surface area contributed by atoms with Crippen LogP contribution < -0.4 is 4.74 Å². The van der Waals surface area contributed by atoms with Gasteiger partial charge in [-0.15, -0.1) is 0 Å². The molecule has 0 heterocycles. The van der Waals surface area contributed by atoms with Crippen LogP contribution in [0.15, 0.2) is 22.7 Å². The van der Waals surface area contributed by atoms with Crippen molar-refractivity contribution in [2.75, 3.05) is 0 Å². The molecule has 1 aromatic rings. The van der Waals surface area contributed by atoms with Crippen molar-refractivity contribution in [2.24, 2.45) is 0 Å². The van der Waals surface area contributed by atoms with Gasteiger partial charge in [0.25, 0.3) is 6.10 Å². The Morgan fingerprint density at radius 3 is 2.00 bits per heavy atom. The zero-order valence-electron chi connectivity index (χ0n) is 8.81. The third kappa shape index (κ3) is 4.02. The molecule has 19 heavy (non-hydrogen) atoms. The van der Waals surface area contributed by atoms with Crippen molar-refractivity contribution in [3.05, 3.63) is 28.2 Å². The minimum absolute atomic E-state index is 0.0646. The van der Waals surface area contributed by atoms with Gasteiger partial charge in [0.1, 0.15) is 5.75 Å². The summed E-state index contributed by atoms with van der Waals surface area (Å²) in [7, 11) is 0. The number of benzene rings is 1. The molecule has 0 amide bonds. The molecule has 1 aromatic carbocycles. The molecular weight excluding hydrogens is 344 g/mol. The molecule has 0 unspecified atom stereocenters. The molecule has 0 fully saturated rings. The second-order valence-electron chi connectivity index (χ2n) is 3.34. The summed E-state index contributed by atoms with van der Waals surface area (Å²) in [5, 5.41) is 8.52. The minimum Gasteiger partial charge on any atom is -0.470 e. The number of nitriles is 1. The fourth-order valence-electron chi connectivity index (χ4n) is 1.11. The molecule has 0 saturated carbocycles. The normalized spacial score (nSPS) is 12.4. The predicted octanol–water partition coefficient (Wildman–Crippen LogP) is 4.19. The highest BCUT2D eigenvalue weighted by Crippen LogP contribution is 2.38. The monoisotopic (exact) mass is 347 g/mol. The van der Waals surface area contributed by atoms with Gasteiger partial charge in [0, 0.05) is 0 Å². The molecule has 0 bridgehead atoms. The number of alkyl halides is 6. The quantitative estimate of drug-likeness (QED) is 0.751. The van der Waals surface area contributed by atoms with Crippen molar-refractivity contribution in [3.8, 4) is 11.8 Å². The Balaban J connectivity index is 3.09. The largest absolute Gasteiger partial charge is 0.470 e. The summed E-state index contributed by atoms with van der Waals surface area (Å²) in [4.78, 5) is 0. The van der Waals surface area contributed by atoms with Crippen LogP contribution in [-0.4, -0.2) is 18.5 Å². The predicted molar refractivity (Wildman–Crippen MR) is 55.4 cm³/mol. The van der Waals surface area contributed by atoms with E-state index in [4.69, 9.17) is 5.26 Å². The molecular formula is C10H4BrF6NO. The van der Waals surface area contributed by atoms with Gasteiger partial charge in [0.2, 0.25) is 0 Å². The average molecular weight is 348 g/mol. The van der Waals surface area contributed by atoms with Gasteiger partial charge in [0.05, 0.1) is 16.1 Å². The third-order valence-electron chi connectivity index (χ3n) is 1.90. The Hall–Kier alpha value is -1.43. The van der Waals surface area contributed by atoms with Gasteiger partial charge < -0.3 is 4.74 Å². The van der Waals surface area contributed by atoms with E-state index in [0.29, 0.717) is 0 Å². The number of ether oxygens (including phenoxy) is 1. The lowest BCUT2D eigenvalue weighted by molar-refractivity contribution is -0.300. The molecule has 0 aliphatic carbocycles. The van der Waals surface area contributed by atoms with Gasteiger partial charge >= 0.3 is 12.4 Å². The minimum atomic E-state index is -5.59. The van der Waals surface area contributed by atoms with E-state index in [2.05, 4.69) is 20.7 Å². The van der Waals surface area contributed by atoms with Crippen molar-refractivity contribution in [1.29, 1.82) is 5.26 Å². The number of hydrogen-bond acceptors (Lipinski definition) is 2. The summed E-state index contributed by atoms with van der Waals surface area (Å²) in [6.45, 7) is 0. The topological polar surface area (TPSA) is 33.0 Å². The van der Waals surface area contributed by atoms with Gasteiger partial charge in [-0.3, -0.25) is 0 Å². The first-order valence-corrected chi connectivity index (χ1v) is 5.34. The molecule has 0 atom stereocenters. The fraction of sp³-hybridized carbons (Fsp3) is 0.300. The fourth-order valence-corrected chi connectivity index (χ4v) is 1.58. The van der Waals surface area contributed by atoms with Gasteiger partial charge in [-0.1, -0.05) is 0 Å². The highest BCUT2D eigenvalue weighted by molar-refractivity contribution is 9.10. The Morgan fingerprint density at radius 1 is 1.11 bits per heavy atom. The zero-order valence-corrected chi connectivity index (χ0v) is 10.4. The summed E-state index contributed by atoms with van der Waals surface area (Å²) in [6, 6.07) is 4.63. The highest BCUT2D eigenvalue weighted by atomic mass is 79.9. The van der Waals surface area contributed by atoms with E-state index in [1.165, 1.54) is 0 Å². The van der Waals surface area contributed by atoms with E-state index in [1.807, 2.05) is 0 Å². The molecule has 9 heteroatoms. The summed E-state index contributed by atoms with van der Waals surface area (Å²) in [6.07, 6.45) is -15.1. The van der Waals surface area contributed by atoms with E-state index < -0.39 is 24.2 Å². The maximum atomic E-state index is 12.3. The van der Waals surface area contributed by atoms with Crippen LogP contribution in [0.5, 0.6) is 5.75 Å². The second-order valence-corrected chi connectivity index (χ2v) is 4.19. The summed E-state index contributed by atoms with van der Waals surface area (Å²) in [5.41, 5.74) is 0.0646. The Kier molecular flexibility index (Phi) is 4.35. The summed E-state index contributed by atoms with van der Waals surface area (Å²) in [5.74, 6) is -0.654. The van der Waals surface area contributed by atoms with E-state index in [0.717, 1.165) is 18.2 Å². The molecule has 0 radical (unpaired) electrons. The highest BCUT2D eigenvalue weighted by Gasteiger charge is 2.59. The molecule has 104 valence electrons. The van der Waals surface area contributed by atoms with E-state index in [-0.39, 0.29) is 10.0 Å². The van der Waals surface area contributed by atoms with Crippen LogP contribution in [0, 0.1) is 11.3 Å². The Morgan fingerprint density at radius 2 is 1.63 bits per heavy atom. The van der Waals surface area contributed by atoms with Crippen LogP contribution in [0.4, 0.5) is 26.3 Å². The molecule has 0 N–H and O–H groups in total. The SMILES string of the molecule is N#Cc1ccc(OC(C(F)(F)F)C(F)(F)F)c(Br)c1. The lowest BCUT2D eigenvalue weighted by Crippen LogP contribution is -2.46. The van der Waals surface area contributed by atoms with Crippen LogP contribution in [-0.2, 0) is 0 Å². The number of halogens is 7. The van der Waals surface area contributed by atoms with Crippen molar-refractivity contribution in [2.45, 2.75) is 18.5 Å². The Bertz CT molecular complexity index is 490. The van der Waals surface area contributed by atoms with E-state index in [1.54, 1.807) is 6.07 Å². The molecule has 2 nitrogen and oxygen atoms in total. The average Bonchev–Trinajstić information content (AvgIpc) is 2.23. The Labute approximate surface area is 111 Å². The maximum Gasteiger partial charge on any atom is 0.434 e. The van der Waals surface area contributed by atoms with Crippen molar-refractivity contribution in [3.63, 3.8) is 0 Å². The summed E-state index contributed by atoms with van der Waals surface area (Å²) < 4.78 is 77.4. The van der Waals surface area contributed by atoms with Crippen LogP contribution in [0.1, 0.15) is 5.56 Å². The van der Waals surface area contributed by atoms with Crippen LogP contribution in [0.2, 0.25) is 0 Å². The number of nitrogens with zero attached hydrogens (tertiary/aromatic N) is 1. The van der Waals surface area contributed by atoms with Gasteiger partial charge in [-0.2, -0.15) is 31.6 Å². The smallest absolute Gasteiger partial charge is 0.434 e. The first-order chi connectivity index (χ1) is 8.55. The molecule has 0 aliphatic heterocycles. The van der Waals surface area contributed by atoms with E-state index in [9.17, 15) is 26.3 Å². The van der Waals surface area contributed by atoms with Crippen molar-refractivity contribution < 1.29 is 31.1 Å². The molecule has 0 spiro atoms. The summed E-state index contributed by atoms with van der Waals surface area (Å²) >= 11 is 2.74. The maximum absolute atomic E-state index is 12.3.